The van der Waals surface area contributed by atoms with Crippen molar-refractivity contribution in [2.45, 2.75) is 46.0 Å². The van der Waals surface area contributed by atoms with Gasteiger partial charge in [-0.15, -0.1) is 5.10 Å². The number of aliphatic hydroxyl groups is 1. The second-order valence-corrected chi connectivity index (χ2v) is 7.74. The first-order chi connectivity index (χ1) is 14.8. The number of aromatic nitrogens is 3. The molecule has 0 fully saturated rings. The predicted octanol–water partition coefficient (Wildman–Crippen LogP) is 4.06. The molecule has 0 saturated carbocycles. The molecule has 31 heavy (non-hydrogen) atoms. The lowest BCUT2D eigenvalue weighted by Crippen LogP contribution is -2.26. The Balaban J connectivity index is 1.80. The molecule has 0 aliphatic rings. The van der Waals surface area contributed by atoms with Crippen LogP contribution in [0.3, 0.4) is 0 Å². The third-order valence-electron chi connectivity index (χ3n) is 4.32. The number of nitrogens with zero attached hydrogens (tertiary/aromatic N) is 3. The van der Waals surface area contributed by atoms with Gasteiger partial charge in [-0.2, -0.15) is 4.98 Å². The minimum absolute atomic E-state index is 0.0739. The van der Waals surface area contributed by atoms with Crippen molar-refractivity contribution in [3.05, 3.63) is 54.3 Å². The summed E-state index contributed by atoms with van der Waals surface area (Å²) in [5.74, 6) is -0.0288. The van der Waals surface area contributed by atoms with Gasteiger partial charge in [0.15, 0.2) is 5.82 Å². The van der Waals surface area contributed by atoms with Crippen LogP contribution in [0.25, 0.3) is 17.1 Å². The summed E-state index contributed by atoms with van der Waals surface area (Å²) in [4.78, 5) is 4.40. The van der Waals surface area contributed by atoms with Crippen LogP contribution < -0.4 is 10.1 Å². The van der Waals surface area contributed by atoms with E-state index in [-0.39, 0.29) is 30.6 Å². The van der Waals surface area contributed by atoms with E-state index in [1.54, 1.807) is 22.9 Å². The van der Waals surface area contributed by atoms with E-state index in [2.05, 4.69) is 15.4 Å². The highest BCUT2D eigenvalue weighted by molar-refractivity contribution is 5.60. The summed E-state index contributed by atoms with van der Waals surface area (Å²) in [6.07, 6.45) is -0.646. The van der Waals surface area contributed by atoms with Crippen molar-refractivity contribution in [3.8, 4) is 23.1 Å². The van der Waals surface area contributed by atoms with Crippen LogP contribution in [0.1, 0.15) is 27.7 Å². The maximum absolute atomic E-state index is 14.4. The van der Waals surface area contributed by atoms with Gasteiger partial charge in [0.1, 0.15) is 5.82 Å². The molecule has 3 aromatic rings. The third-order valence-corrected chi connectivity index (χ3v) is 4.32. The third kappa shape index (κ3) is 6.26. The molecule has 1 atom stereocenters. The van der Waals surface area contributed by atoms with Gasteiger partial charge in [-0.3, -0.25) is 0 Å². The predicted molar refractivity (Wildman–Crippen MR) is 118 cm³/mol. The molecule has 0 radical (unpaired) electrons. The average Bonchev–Trinajstić information content (AvgIpc) is 3.14. The number of anilines is 1. The highest BCUT2D eigenvalue weighted by atomic mass is 19.1. The van der Waals surface area contributed by atoms with Crippen LogP contribution in [0, 0.1) is 5.82 Å². The van der Waals surface area contributed by atoms with Crippen molar-refractivity contribution in [1.82, 2.24) is 14.8 Å². The van der Waals surface area contributed by atoms with Crippen LogP contribution in [0.15, 0.2) is 48.5 Å². The summed E-state index contributed by atoms with van der Waals surface area (Å²) in [6.45, 7) is 8.25. The first-order valence-corrected chi connectivity index (χ1v) is 10.4. The van der Waals surface area contributed by atoms with Crippen molar-refractivity contribution in [3.63, 3.8) is 0 Å². The smallest absolute Gasteiger partial charge is 0.336 e. The van der Waals surface area contributed by atoms with Gasteiger partial charge in [-0.25, -0.2) is 9.07 Å². The Morgan fingerprint density at radius 2 is 1.74 bits per heavy atom. The van der Waals surface area contributed by atoms with Gasteiger partial charge >= 0.3 is 6.01 Å². The first kappa shape index (κ1) is 22.7. The van der Waals surface area contributed by atoms with Crippen molar-refractivity contribution >= 4 is 5.69 Å². The highest BCUT2D eigenvalue weighted by Gasteiger charge is 2.18. The Kier molecular flexibility index (Phi) is 7.59. The molecule has 166 valence electrons. The second-order valence-electron chi connectivity index (χ2n) is 7.74. The van der Waals surface area contributed by atoms with Crippen LogP contribution in [-0.2, 0) is 4.74 Å². The van der Waals surface area contributed by atoms with Gasteiger partial charge in [0.05, 0.1) is 36.2 Å². The highest BCUT2D eigenvalue weighted by Crippen LogP contribution is 2.26. The van der Waals surface area contributed by atoms with Crippen molar-refractivity contribution in [1.29, 1.82) is 0 Å². The number of hydrogen-bond acceptors (Lipinski definition) is 6. The lowest BCUT2D eigenvalue weighted by Gasteiger charge is -2.15. The minimum atomic E-state index is -0.610. The van der Waals surface area contributed by atoms with E-state index < -0.39 is 6.10 Å². The number of benzene rings is 2. The quantitative estimate of drug-likeness (QED) is 0.507. The van der Waals surface area contributed by atoms with Crippen molar-refractivity contribution < 1.29 is 19.0 Å². The summed E-state index contributed by atoms with van der Waals surface area (Å²) in [6, 6.07) is 14.0. The van der Waals surface area contributed by atoms with E-state index in [0.29, 0.717) is 23.6 Å². The molecule has 1 unspecified atom stereocenters. The van der Waals surface area contributed by atoms with E-state index in [1.165, 1.54) is 6.07 Å². The van der Waals surface area contributed by atoms with Gasteiger partial charge in [0, 0.05) is 12.2 Å². The molecule has 0 saturated heterocycles. The second kappa shape index (κ2) is 10.4. The van der Waals surface area contributed by atoms with E-state index in [9.17, 15) is 9.50 Å². The van der Waals surface area contributed by atoms with E-state index in [4.69, 9.17) is 9.47 Å². The first-order valence-electron chi connectivity index (χ1n) is 10.4. The molecule has 0 aliphatic carbocycles. The molecule has 3 rings (SSSR count). The molecule has 7 nitrogen and oxygen atoms in total. The van der Waals surface area contributed by atoms with E-state index in [1.807, 2.05) is 52.0 Å². The standard InChI is InChI=1S/C23H29FN4O3/c1-15(2)30-14-19(29)13-25-17-9-11-18(12-10-17)28-22(20-7-5-6-8-21(20)24)26-23(27-28)31-16(3)4/h5-12,15-16,19,25,29H,13-14H2,1-4H3. The molecule has 0 spiro atoms. The molecule has 1 aromatic heterocycles. The van der Waals surface area contributed by atoms with Gasteiger partial charge in [-0.05, 0) is 64.1 Å². The summed E-state index contributed by atoms with van der Waals surface area (Å²) in [5.41, 5.74) is 1.88. The van der Waals surface area contributed by atoms with Crippen LogP contribution in [0.4, 0.5) is 10.1 Å². The number of aliphatic hydroxyl groups excluding tert-OH is 1. The fourth-order valence-corrected chi connectivity index (χ4v) is 2.87. The van der Waals surface area contributed by atoms with Crippen LogP contribution >= 0.6 is 0 Å². The van der Waals surface area contributed by atoms with E-state index >= 15 is 0 Å². The lowest BCUT2D eigenvalue weighted by molar-refractivity contribution is 0.0112. The number of rotatable bonds is 10. The number of hydrogen-bond donors (Lipinski definition) is 2. The fourth-order valence-electron chi connectivity index (χ4n) is 2.87. The fraction of sp³-hybridized carbons (Fsp3) is 0.391. The van der Waals surface area contributed by atoms with Crippen LogP contribution in [0.2, 0.25) is 0 Å². The summed E-state index contributed by atoms with van der Waals surface area (Å²) >= 11 is 0. The van der Waals surface area contributed by atoms with Gasteiger partial charge in [0.2, 0.25) is 0 Å². The normalized spacial score (nSPS) is 12.4. The van der Waals surface area contributed by atoms with Crippen molar-refractivity contribution in [2.24, 2.45) is 0 Å². The average molecular weight is 429 g/mol. The topological polar surface area (TPSA) is 81.4 Å². The Morgan fingerprint density at radius 1 is 1.03 bits per heavy atom. The van der Waals surface area contributed by atoms with Gasteiger partial charge < -0.3 is 19.9 Å². The Labute approximate surface area is 181 Å². The minimum Gasteiger partial charge on any atom is -0.460 e. The Morgan fingerprint density at radius 3 is 2.39 bits per heavy atom. The van der Waals surface area contributed by atoms with Crippen LogP contribution in [-0.4, -0.2) is 51.3 Å². The monoisotopic (exact) mass is 428 g/mol. The zero-order valence-electron chi connectivity index (χ0n) is 18.2. The molecule has 0 amide bonds. The molecular weight excluding hydrogens is 399 g/mol. The number of ether oxygens (including phenoxy) is 2. The van der Waals surface area contributed by atoms with Gasteiger partial charge in [-0.1, -0.05) is 12.1 Å². The largest absolute Gasteiger partial charge is 0.460 e. The zero-order valence-corrected chi connectivity index (χ0v) is 18.2. The molecular formula is C23H29FN4O3. The molecule has 0 aliphatic heterocycles. The molecule has 0 bridgehead atoms. The Bertz CT molecular complexity index is 973. The molecule has 8 heteroatoms. The summed E-state index contributed by atoms with van der Waals surface area (Å²) in [7, 11) is 0. The summed E-state index contributed by atoms with van der Waals surface area (Å²) < 4.78 is 27.0. The van der Waals surface area contributed by atoms with Crippen LogP contribution in [0.5, 0.6) is 6.01 Å². The van der Waals surface area contributed by atoms with Crippen molar-refractivity contribution in [2.75, 3.05) is 18.5 Å². The molecule has 1 heterocycles. The Hall–Kier alpha value is -2.97. The lowest BCUT2D eigenvalue weighted by atomic mass is 10.2. The number of nitrogens with one attached hydrogen (secondary N) is 1. The molecule has 2 N–H and O–H groups in total. The maximum atomic E-state index is 14.4. The maximum Gasteiger partial charge on any atom is 0.336 e. The number of halogens is 1. The van der Waals surface area contributed by atoms with E-state index in [0.717, 1.165) is 5.69 Å². The summed E-state index contributed by atoms with van der Waals surface area (Å²) in [5, 5.41) is 17.6. The molecule has 2 aromatic carbocycles. The zero-order chi connectivity index (χ0) is 22.4. The SMILES string of the molecule is CC(C)OCC(O)CNc1ccc(-n2nc(OC(C)C)nc2-c2ccccc2F)cc1. The van der Waals surface area contributed by atoms with Gasteiger partial charge in [0.25, 0.3) is 0 Å².